The molecule has 0 aliphatic carbocycles. The fourth-order valence-electron chi connectivity index (χ4n) is 1.60. The molecular formula is C12H8FN3O3. The molecule has 0 saturated heterocycles. The number of carbonyl (C=O) groups is 1. The molecule has 0 spiro atoms. The van der Waals surface area contributed by atoms with Crippen molar-refractivity contribution in [3.05, 3.63) is 58.0 Å². The maximum Gasteiger partial charge on any atom is 0.278 e. The van der Waals surface area contributed by atoms with Crippen LogP contribution in [0.4, 0.5) is 10.1 Å². The molecule has 0 aliphatic heterocycles. The first kappa shape index (κ1) is 12.6. The third-order valence-corrected chi connectivity index (χ3v) is 2.48. The Balaban J connectivity index is 2.64. The van der Waals surface area contributed by atoms with E-state index in [2.05, 4.69) is 4.98 Å². The summed E-state index contributed by atoms with van der Waals surface area (Å²) in [7, 11) is 0. The molecule has 2 aromatic rings. The van der Waals surface area contributed by atoms with Gasteiger partial charge < -0.3 is 5.73 Å². The van der Waals surface area contributed by atoms with Crippen LogP contribution in [0.2, 0.25) is 0 Å². The van der Waals surface area contributed by atoms with Crippen LogP contribution in [0.5, 0.6) is 0 Å². The second-order valence-electron chi connectivity index (χ2n) is 3.71. The van der Waals surface area contributed by atoms with Crippen molar-refractivity contribution in [1.82, 2.24) is 4.98 Å². The highest BCUT2D eigenvalue weighted by Crippen LogP contribution is 2.29. The Morgan fingerprint density at radius 2 is 2.05 bits per heavy atom. The normalized spacial score (nSPS) is 10.2. The lowest BCUT2D eigenvalue weighted by Gasteiger charge is -2.04. The molecule has 96 valence electrons. The fraction of sp³-hybridized carbons (Fsp3) is 0. The van der Waals surface area contributed by atoms with Gasteiger partial charge in [0.2, 0.25) is 5.91 Å². The summed E-state index contributed by atoms with van der Waals surface area (Å²) >= 11 is 0. The summed E-state index contributed by atoms with van der Waals surface area (Å²) in [4.78, 5) is 25.2. The number of hydrogen-bond acceptors (Lipinski definition) is 4. The highest BCUT2D eigenvalue weighted by molar-refractivity contribution is 5.94. The van der Waals surface area contributed by atoms with Crippen molar-refractivity contribution >= 4 is 11.6 Å². The smallest absolute Gasteiger partial charge is 0.278 e. The van der Waals surface area contributed by atoms with Gasteiger partial charge in [0, 0.05) is 17.8 Å². The Bertz CT molecular complexity index is 673. The maximum atomic E-state index is 13.2. The first-order valence-corrected chi connectivity index (χ1v) is 5.19. The maximum absolute atomic E-state index is 13.2. The predicted molar refractivity (Wildman–Crippen MR) is 64.8 cm³/mol. The Hall–Kier alpha value is -2.83. The highest BCUT2D eigenvalue weighted by Gasteiger charge is 2.17. The number of halogens is 1. The van der Waals surface area contributed by atoms with Crippen LogP contribution in [0.1, 0.15) is 10.4 Å². The van der Waals surface area contributed by atoms with E-state index >= 15 is 0 Å². The summed E-state index contributed by atoms with van der Waals surface area (Å²) in [5.41, 5.74) is 5.07. The quantitative estimate of drug-likeness (QED) is 0.673. The summed E-state index contributed by atoms with van der Waals surface area (Å²) < 4.78 is 13.2. The standard InChI is InChI=1S/C12H8FN3O3/c13-8-1-2-11(16(18)19)9(6-8)10-5-7(12(14)17)3-4-15-10/h1-6H,(H2,14,17). The third kappa shape index (κ3) is 2.54. The van der Waals surface area contributed by atoms with E-state index in [1.807, 2.05) is 0 Å². The second-order valence-corrected chi connectivity index (χ2v) is 3.71. The van der Waals surface area contributed by atoms with Crippen molar-refractivity contribution in [2.45, 2.75) is 0 Å². The summed E-state index contributed by atoms with van der Waals surface area (Å²) in [6.07, 6.45) is 1.28. The number of carbonyl (C=O) groups excluding carboxylic acids is 1. The molecule has 0 unspecified atom stereocenters. The third-order valence-electron chi connectivity index (χ3n) is 2.48. The number of nitro groups is 1. The van der Waals surface area contributed by atoms with Crippen LogP contribution < -0.4 is 5.73 Å². The fourth-order valence-corrected chi connectivity index (χ4v) is 1.60. The molecule has 6 nitrogen and oxygen atoms in total. The Morgan fingerprint density at radius 3 is 2.68 bits per heavy atom. The minimum Gasteiger partial charge on any atom is -0.366 e. The van der Waals surface area contributed by atoms with Crippen LogP contribution in [0.15, 0.2) is 36.5 Å². The molecule has 1 amide bonds. The second kappa shape index (κ2) is 4.81. The number of nitro benzene ring substituents is 1. The molecule has 1 aromatic heterocycles. The van der Waals surface area contributed by atoms with Gasteiger partial charge in [-0.2, -0.15) is 0 Å². The molecule has 0 aliphatic rings. The number of aromatic nitrogens is 1. The van der Waals surface area contributed by atoms with E-state index in [1.54, 1.807) is 0 Å². The molecule has 2 rings (SSSR count). The molecule has 1 aromatic carbocycles. The van der Waals surface area contributed by atoms with Crippen molar-refractivity contribution < 1.29 is 14.1 Å². The van der Waals surface area contributed by atoms with Gasteiger partial charge in [-0.1, -0.05) is 0 Å². The minimum absolute atomic E-state index is 0.00639. The zero-order valence-corrected chi connectivity index (χ0v) is 9.54. The van der Waals surface area contributed by atoms with Gasteiger partial charge in [-0.25, -0.2) is 4.39 Å². The molecule has 2 N–H and O–H groups in total. The summed E-state index contributed by atoms with van der Waals surface area (Å²) in [6.45, 7) is 0. The van der Waals surface area contributed by atoms with Gasteiger partial charge in [0.15, 0.2) is 0 Å². The molecule has 0 bridgehead atoms. The molecule has 1 heterocycles. The van der Waals surface area contributed by atoms with E-state index < -0.39 is 16.6 Å². The van der Waals surface area contributed by atoms with Crippen molar-refractivity contribution in [3.63, 3.8) is 0 Å². The van der Waals surface area contributed by atoms with Crippen molar-refractivity contribution in [1.29, 1.82) is 0 Å². The number of nitrogens with zero attached hydrogens (tertiary/aromatic N) is 2. The summed E-state index contributed by atoms with van der Waals surface area (Å²) in [5.74, 6) is -1.32. The van der Waals surface area contributed by atoms with Crippen molar-refractivity contribution in [3.8, 4) is 11.3 Å². The SMILES string of the molecule is NC(=O)c1ccnc(-c2cc(F)ccc2[N+](=O)[O-])c1. The predicted octanol–water partition coefficient (Wildman–Crippen LogP) is 1.89. The van der Waals surface area contributed by atoms with Gasteiger partial charge in [0.25, 0.3) is 5.69 Å². The zero-order valence-electron chi connectivity index (χ0n) is 9.54. The lowest BCUT2D eigenvalue weighted by Crippen LogP contribution is -2.11. The van der Waals surface area contributed by atoms with Crippen molar-refractivity contribution in [2.75, 3.05) is 0 Å². The number of rotatable bonds is 3. The lowest BCUT2D eigenvalue weighted by molar-refractivity contribution is -0.384. The van der Waals surface area contributed by atoms with E-state index in [-0.39, 0.29) is 22.5 Å². The molecule has 19 heavy (non-hydrogen) atoms. The topological polar surface area (TPSA) is 99.1 Å². The molecule has 0 atom stereocenters. The van der Waals surface area contributed by atoms with Crippen LogP contribution in [0.3, 0.4) is 0 Å². The lowest BCUT2D eigenvalue weighted by atomic mass is 10.1. The Kier molecular flexibility index (Phi) is 3.19. The molecular weight excluding hydrogens is 253 g/mol. The van der Waals surface area contributed by atoms with E-state index in [0.29, 0.717) is 0 Å². The van der Waals surface area contributed by atoms with Gasteiger partial charge >= 0.3 is 0 Å². The van der Waals surface area contributed by atoms with E-state index in [1.165, 1.54) is 18.3 Å². The number of nitrogens with two attached hydrogens (primary N) is 1. The molecule has 0 fully saturated rings. The highest BCUT2D eigenvalue weighted by atomic mass is 19.1. The van der Waals surface area contributed by atoms with Gasteiger partial charge in [-0.05, 0) is 24.3 Å². The molecule has 0 radical (unpaired) electrons. The number of primary amides is 1. The summed E-state index contributed by atoms with van der Waals surface area (Å²) in [6, 6.07) is 5.68. The Morgan fingerprint density at radius 1 is 1.32 bits per heavy atom. The average Bonchev–Trinajstić information content (AvgIpc) is 2.38. The molecule has 0 saturated carbocycles. The van der Waals surface area contributed by atoms with Crippen LogP contribution in [0.25, 0.3) is 11.3 Å². The van der Waals surface area contributed by atoms with Crippen LogP contribution in [0, 0.1) is 15.9 Å². The van der Waals surface area contributed by atoms with Gasteiger partial charge in [0.05, 0.1) is 16.2 Å². The van der Waals surface area contributed by atoms with E-state index in [9.17, 15) is 19.3 Å². The number of pyridine rings is 1. The Labute approximate surface area is 106 Å². The average molecular weight is 261 g/mol. The zero-order chi connectivity index (χ0) is 14.0. The number of amides is 1. The van der Waals surface area contributed by atoms with Gasteiger partial charge in [-0.3, -0.25) is 19.9 Å². The summed E-state index contributed by atoms with van der Waals surface area (Å²) in [5, 5.41) is 10.9. The number of hydrogen-bond donors (Lipinski definition) is 1. The van der Waals surface area contributed by atoms with Crippen LogP contribution in [-0.4, -0.2) is 15.8 Å². The van der Waals surface area contributed by atoms with Crippen molar-refractivity contribution in [2.24, 2.45) is 5.73 Å². The van der Waals surface area contributed by atoms with Crippen LogP contribution >= 0.6 is 0 Å². The monoisotopic (exact) mass is 261 g/mol. The number of benzene rings is 1. The first-order chi connectivity index (χ1) is 8.99. The first-order valence-electron chi connectivity index (χ1n) is 5.19. The van der Waals surface area contributed by atoms with Crippen LogP contribution in [-0.2, 0) is 0 Å². The minimum atomic E-state index is -0.692. The van der Waals surface area contributed by atoms with Gasteiger partial charge in [-0.15, -0.1) is 0 Å². The van der Waals surface area contributed by atoms with E-state index in [0.717, 1.165) is 18.2 Å². The largest absolute Gasteiger partial charge is 0.366 e. The van der Waals surface area contributed by atoms with E-state index in [4.69, 9.17) is 5.73 Å². The van der Waals surface area contributed by atoms with Gasteiger partial charge in [0.1, 0.15) is 5.82 Å². The molecule has 7 heteroatoms.